The first-order chi connectivity index (χ1) is 10.0. The second kappa shape index (κ2) is 6.96. The van der Waals surface area contributed by atoms with Crippen molar-refractivity contribution in [1.82, 2.24) is 5.32 Å². The van der Waals surface area contributed by atoms with Crippen LogP contribution in [0.5, 0.6) is 5.75 Å². The van der Waals surface area contributed by atoms with Crippen LogP contribution < -0.4 is 10.1 Å². The van der Waals surface area contributed by atoms with Gasteiger partial charge in [0.25, 0.3) is 5.91 Å². The van der Waals surface area contributed by atoms with Crippen molar-refractivity contribution < 1.29 is 9.53 Å². The van der Waals surface area contributed by atoms with Crippen LogP contribution in [0, 0.1) is 0 Å². The lowest BCUT2D eigenvalue weighted by Crippen LogP contribution is -2.27. The van der Waals surface area contributed by atoms with Gasteiger partial charge in [0.15, 0.2) is 0 Å². The van der Waals surface area contributed by atoms with E-state index < -0.39 is 0 Å². The summed E-state index contributed by atoms with van der Waals surface area (Å²) in [5, 5.41) is 3.59. The Morgan fingerprint density at radius 2 is 2.05 bits per heavy atom. The first kappa shape index (κ1) is 15.9. The van der Waals surface area contributed by atoms with E-state index in [-0.39, 0.29) is 11.9 Å². The van der Waals surface area contributed by atoms with Gasteiger partial charge in [-0.25, -0.2) is 0 Å². The second-order valence-electron chi connectivity index (χ2n) is 4.59. The molecule has 0 aliphatic heterocycles. The SMILES string of the molecule is COc1cc(Br)ccc1C(=O)NC(C)c1cccc(Cl)c1. The fraction of sp³-hybridized carbons (Fsp3) is 0.188. The molecule has 1 amide bonds. The van der Waals surface area contributed by atoms with Gasteiger partial charge < -0.3 is 10.1 Å². The molecule has 2 aromatic carbocycles. The van der Waals surface area contributed by atoms with Crippen molar-refractivity contribution in [3.8, 4) is 5.75 Å². The number of hydrogen-bond donors (Lipinski definition) is 1. The number of carbonyl (C=O) groups is 1. The van der Waals surface area contributed by atoms with Crippen LogP contribution in [0.2, 0.25) is 5.02 Å². The third kappa shape index (κ3) is 3.99. The topological polar surface area (TPSA) is 38.3 Å². The Labute approximate surface area is 137 Å². The molecule has 0 heterocycles. The number of amides is 1. The van der Waals surface area contributed by atoms with Gasteiger partial charge in [0.1, 0.15) is 5.75 Å². The van der Waals surface area contributed by atoms with Gasteiger partial charge in [-0.15, -0.1) is 0 Å². The minimum atomic E-state index is -0.188. The number of rotatable bonds is 4. The summed E-state index contributed by atoms with van der Waals surface area (Å²) in [7, 11) is 1.54. The molecule has 0 fully saturated rings. The van der Waals surface area contributed by atoms with E-state index in [2.05, 4.69) is 21.2 Å². The Hall–Kier alpha value is -1.52. The number of carbonyl (C=O) groups excluding carboxylic acids is 1. The molecule has 21 heavy (non-hydrogen) atoms. The van der Waals surface area contributed by atoms with Crippen LogP contribution in [0.1, 0.15) is 28.9 Å². The molecule has 0 aliphatic carbocycles. The molecule has 0 spiro atoms. The van der Waals surface area contributed by atoms with Gasteiger partial charge in [0, 0.05) is 9.50 Å². The van der Waals surface area contributed by atoms with Crippen molar-refractivity contribution >= 4 is 33.4 Å². The fourth-order valence-corrected chi connectivity index (χ4v) is 2.53. The lowest BCUT2D eigenvalue weighted by molar-refractivity contribution is 0.0937. The molecule has 1 N–H and O–H groups in total. The maximum Gasteiger partial charge on any atom is 0.255 e. The molecule has 0 aliphatic rings. The van der Waals surface area contributed by atoms with Gasteiger partial charge in [-0.1, -0.05) is 39.7 Å². The Morgan fingerprint density at radius 1 is 1.29 bits per heavy atom. The molecule has 0 aromatic heterocycles. The number of nitrogens with one attached hydrogen (secondary N) is 1. The molecule has 3 nitrogen and oxygen atoms in total. The van der Waals surface area contributed by atoms with Crippen molar-refractivity contribution in [1.29, 1.82) is 0 Å². The van der Waals surface area contributed by atoms with E-state index in [1.54, 1.807) is 25.3 Å². The maximum atomic E-state index is 12.4. The predicted molar refractivity (Wildman–Crippen MR) is 88.0 cm³/mol. The predicted octanol–water partition coefficient (Wildman–Crippen LogP) is 4.60. The molecule has 0 radical (unpaired) electrons. The summed E-state index contributed by atoms with van der Waals surface area (Å²) in [6, 6.07) is 12.6. The smallest absolute Gasteiger partial charge is 0.255 e. The van der Waals surface area contributed by atoms with E-state index in [1.807, 2.05) is 31.2 Å². The lowest BCUT2D eigenvalue weighted by Gasteiger charge is -2.16. The highest BCUT2D eigenvalue weighted by atomic mass is 79.9. The lowest BCUT2D eigenvalue weighted by atomic mass is 10.1. The molecule has 2 rings (SSSR count). The monoisotopic (exact) mass is 367 g/mol. The van der Waals surface area contributed by atoms with Crippen LogP contribution in [-0.2, 0) is 0 Å². The summed E-state index contributed by atoms with van der Waals surface area (Å²) in [5.74, 6) is 0.340. The number of methoxy groups -OCH3 is 1. The molecular weight excluding hydrogens is 354 g/mol. The second-order valence-corrected chi connectivity index (χ2v) is 5.95. The zero-order valence-corrected chi connectivity index (χ0v) is 14.0. The molecule has 110 valence electrons. The van der Waals surface area contributed by atoms with Crippen molar-refractivity contribution in [2.24, 2.45) is 0 Å². The van der Waals surface area contributed by atoms with E-state index >= 15 is 0 Å². The normalized spacial score (nSPS) is 11.8. The van der Waals surface area contributed by atoms with Crippen LogP contribution in [0.25, 0.3) is 0 Å². The summed E-state index contributed by atoms with van der Waals surface area (Å²) in [4.78, 5) is 12.4. The number of benzene rings is 2. The summed E-state index contributed by atoms with van der Waals surface area (Å²) in [6.45, 7) is 1.91. The van der Waals surface area contributed by atoms with E-state index in [9.17, 15) is 4.79 Å². The van der Waals surface area contributed by atoms with E-state index in [4.69, 9.17) is 16.3 Å². The Morgan fingerprint density at radius 3 is 2.71 bits per heavy atom. The van der Waals surface area contributed by atoms with Crippen molar-refractivity contribution in [3.05, 3.63) is 63.1 Å². The van der Waals surface area contributed by atoms with Crippen molar-refractivity contribution in [2.45, 2.75) is 13.0 Å². The number of hydrogen-bond acceptors (Lipinski definition) is 2. The molecule has 0 bridgehead atoms. The molecule has 0 saturated carbocycles. The number of ether oxygens (including phenoxy) is 1. The van der Waals surface area contributed by atoms with Crippen LogP contribution in [-0.4, -0.2) is 13.0 Å². The van der Waals surface area contributed by atoms with Crippen molar-refractivity contribution in [2.75, 3.05) is 7.11 Å². The van der Waals surface area contributed by atoms with Gasteiger partial charge in [-0.05, 0) is 42.8 Å². The highest BCUT2D eigenvalue weighted by molar-refractivity contribution is 9.10. The van der Waals surface area contributed by atoms with Gasteiger partial charge in [0.05, 0.1) is 18.7 Å². The van der Waals surface area contributed by atoms with E-state index in [0.29, 0.717) is 16.3 Å². The number of halogens is 2. The summed E-state index contributed by atoms with van der Waals surface area (Å²) >= 11 is 9.33. The largest absolute Gasteiger partial charge is 0.496 e. The van der Waals surface area contributed by atoms with Gasteiger partial charge in [-0.3, -0.25) is 4.79 Å². The van der Waals surface area contributed by atoms with Crippen LogP contribution in [0.3, 0.4) is 0 Å². The van der Waals surface area contributed by atoms with Gasteiger partial charge in [0.2, 0.25) is 0 Å². The molecule has 5 heteroatoms. The molecule has 1 unspecified atom stereocenters. The first-order valence-corrected chi connectivity index (χ1v) is 7.58. The van der Waals surface area contributed by atoms with Gasteiger partial charge >= 0.3 is 0 Å². The Balaban J connectivity index is 2.18. The fourth-order valence-electron chi connectivity index (χ4n) is 1.99. The van der Waals surface area contributed by atoms with E-state index in [0.717, 1.165) is 10.0 Å². The standard InChI is InChI=1S/C16H15BrClNO2/c1-10(11-4-3-5-13(18)8-11)19-16(20)14-7-6-12(17)9-15(14)21-2/h3-10H,1-2H3,(H,19,20). The first-order valence-electron chi connectivity index (χ1n) is 6.41. The summed E-state index contributed by atoms with van der Waals surface area (Å²) in [6.07, 6.45) is 0. The Kier molecular flexibility index (Phi) is 5.26. The quantitative estimate of drug-likeness (QED) is 0.856. The zero-order valence-electron chi connectivity index (χ0n) is 11.7. The van der Waals surface area contributed by atoms with Crippen LogP contribution in [0.15, 0.2) is 46.9 Å². The Bertz CT molecular complexity index is 660. The zero-order chi connectivity index (χ0) is 15.4. The third-order valence-corrected chi connectivity index (χ3v) is 3.83. The highest BCUT2D eigenvalue weighted by Gasteiger charge is 2.15. The minimum absolute atomic E-state index is 0.149. The van der Waals surface area contributed by atoms with Crippen LogP contribution >= 0.6 is 27.5 Å². The van der Waals surface area contributed by atoms with Gasteiger partial charge in [-0.2, -0.15) is 0 Å². The van der Waals surface area contributed by atoms with Crippen LogP contribution in [0.4, 0.5) is 0 Å². The molecule has 2 aromatic rings. The average molecular weight is 369 g/mol. The minimum Gasteiger partial charge on any atom is -0.496 e. The third-order valence-electron chi connectivity index (χ3n) is 3.10. The van der Waals surface area contributed by atoms with E-state index in [1.165, 1.54) is 0 Å². The van der Waals surface area contributed by atoms with Crippen molar-refractivity contribution in [3.63, 3.8) is 0 Å². The summed E-state index contributed by atoms with van der Waals surface area (Å²) in [5.41, 5.74) is 1.45. The molecular formula is C16H15BrClNO2. The maximum absolute atomic E-state index is 12.4. The summed E-state index contributed by atoms with van der Waals surface area (Å²) < 4.78 is 6.10. The average Bonchev–Trinajstić information content (AvgIpc) is 2.46. The molecule has 1 atom stereocenters. The highest BCUT2D eigenvalue weighted by Crippen LogP contribution is 2.24. The molecule has 0 saturated heterocycles.